The van der Waals surface area contributed by atoms with Crippen molar-refractivity contribution in [3.8, 4) is 5.75 Å². The quantitative estimate of drug-likeness (QED) is 0.601. The number of fused-ring (bicyclic) bond motifs is 1. The van der Waals surface area contributed by atoms with Crippen molar-refractivity contribution in [3.05, 3.63) is 70.7 Å². The van der Waals surface area contributed by atoms with Gasteiger partial charge in [0.1, 0.15) is 5.75 Å². The van der Waals surface area contributed by atoms with Crippen molar-refractivity contribution in [1.82, 2.24) is 0 Å². The molecule has 3 aromatic rings. The van der Waals surface area contributed by atoms with Gasteiger partial charge < -0.3 is 20.3 Å². The van der Waals surface area contributed by atoms with Crippen molar-refractivity contribution >= 4 is 39.9 Å². The second-order valence-electron chi connectivity index (χ2n) is 5.84. The van der Waals surface area contributed by atoms with E-state index in [1.54, 1.807) is 42.5 Å². The zero-order valence-electron chi connectivity index (χ0n) is 14.1. The number of carbonyl (C=O) groups is 2. The number of halogens is 1. The highest BCUT2D eigenvalue weighted by molar-refractivity contribution is 6.31. The second-order valence-corrected chi connectivity index (χ2v) is 6.28. The minimum absolute atomic E-state index is 0.0378. The van der Waals surface area contributed by atoms with E-state index in [-0.39, 0.29) is 24.5 Å². The molecule has 0 radical (unpaired) electrons. The molecule has 3 N–H and O–H groups in total. The lowest BCUT2D eigenvalue weighted by atomic mass is 10.1. The fraction of sp³-hybridized carbons (Fsp3) is 0.100. The van der Waals surface area contributed by atoms with Crippen LogP contribution in [0.3, 0.4) is 0 Å². The minimum Gasteiger partial charge on any atom is -0.483 e. The lowest BCUT2D eigenvalue weighted by Gasteiger charge is -2.12. The highest BCUT2D eigenvalue weighted by atomic mass is 35.5. The van der Waals surface area contributed by atoms with E-state index in [0.29, 0.717) is 27.0 Å². The topological polar surface area (TPSA) is 95.9 Å². The van der Waals surface area contributed by atoms with E-state index >= 15 is 0 Å². The van der Waals surface area contributed by atoms with Crippen LogP contribution in [0.5, 0.6) is 5.75 Å². The van der Waals surface area contributed by atoms with Crippen LogP contribution in [0.2, 0.25) is 5.02 Å². The SMILES string of the molecule is O=C(COc1cc(C(=O)O)cc2cc(Cl)ccc12)Nc1cccc(CO)c1. The van der Waals surface area contributed by atoms with Crippen molar-refractivity contribution in [3.63, 3.8) is 0 Å². The number of ether oxygens (including phenoxy) is 1. The molecular formula is C20H16ClNO5. The number of aromatic carboxylic acids is 1. The van der Waals surface area contributed by atoms with Crippen LogP contribution in [0.15, 0.2) is 54.6 Å². The third-order valence-corrected chi connectivity index (χ3v) is 4.11. The van der Waals surface area contributed by atoms with Crippen LogP contribution in [0.25, 0.3) is 10.8 Å². The van der Waals surface area contributed by atoms with Crippen molar-refractivity contribution in [2.75, 3.05) is 11.9 Å². The lowest BCUT2D eigenvalue weighted by Crippen LogP contribution is -2.20. The average molecular weight is 386 g/mol. The number of aliphatic hydroxyl groups excluding tert-OH is 1. The molecule has 3 rings (SSSR count). The smallest absolute Gasteiger partial charge is 0.335 e. The molecule has 0 aromatic heterocycles. The molecule has 0 aliphatic heterocycles. The Morgan fingerprint density at radius 1 is 1.07 bits per heavy atom. The third kappa shape index (κ3) is 4.55. The van der Waals surface area contributed by atoms with Crippen LogP contribution in [0, 0.1) is 0 Å². The predicted octanol–water partition coefficient (Wildman–Crippen LogP) is 3.70. The zero-order valence-corrected chi connectivity index (χ0v) is 14.9. The number of carboxylic acid groups (broad SMARTS) is 1. The number of hydrogen-bond donors (Lipinski definition) is 3. The maximum Gasteiger partial charge on any atom is 0.335 e. The van der Waals surface area contributed by atoms with E-state index in [1.165, 1.54) is 12.1 Å². The number of amides is 1. The molecule has 6 nitrogen and oxygen atoms in total. The van der Waals surface area contributed by atoms with E-state index in [4.69, 9.17) is 21.4 Å². The van der Waals surface area contributed by atoms with E-state index < -0.39 is 11.9 Å². The Kier molecular flexibility index (Phi) is 5.59. The second kappa shape index (κ2) is 8.07. The van der Waals surface area contributed by atoms with Gasteiger partial charge in [-0.25, -0.2) is 4.79 Å². The maximum absolute atomic E-state index is 12.2. The van der Waals surface area contributed by atoms with Crippen molar-refractivity contribution in [2.24, 2.45) is 0 Å². The fourth-order valence-electron chi connectivity index (χ4n) is 2.64. The Morgan fingerprint density at radius 3 is 2.63 bits per heavy atom. The summed E-state index contributed by atoms with van der Waals surface area (Å²) in [6.07, 6.45) is 0. The van der Waals surface area contributed by atoms with Gasteiger partial charge in [-0.3, -0.25) is 4.79 Å². The van der Waals surface area contributed by atoms with Crippen LogP contribution < -0.4 is 10.1 Å². The van der Waals surface area contributed by atoms with Crippen molar-refractivity contribution < 1.29 is 24.5 Å². The number of rotatable bonds is 6. The van der Waals surface area contributed by atoms with Gasteiger partial charge in [0.15, 0.2) is 6.61 Å². The van der Waals surface area contributed by atoms with Crippen LogP contribution in [-0.2, 0) is 11.4 Å². The summed E-state index contributed by atoms with van der Waals surface area (Å²) in [5.41, 5.74) is 1.24. The molecule has 27 heavy (non-hydrogen) atoms. The number of benzene rings is 3. The van der Waals surface area contributed by atoms with E-state index in [1.807, 2.05) is 0 Å². The first-order valence-electron chi connectivity index (χ1n) is 8.05. The first-order valence-corrected chi connectivity index (χ1v) is 8.43. The highest BCUT2D eigenvalue weighted by Crippen LogP contribution is 2.30. The summed E-state index contributed by atoms with van der Waals surface area (Å²) in [6, 6.07) is 14.7. The molecule has 0 saturated carbocycles. The summed E-state index contributed by atoms with van der Waals surface area (Å²) in [6.45, 7) is -0.430. The van der Waals surface area contributed by atoms with Gasteiger partial charge in [-0.2, -0.15) is 0 Å². The number of aliphatic hydroxyl groups is 1. The summed E-state index contributed by atoms with van der Waals surface area (Å²) in [4.78, 5) is 23.5. The highest BCUT2D eigenvalue weighted by Gasteiger charge is 2.12. The average Bonchev–Trinajstić information content (AvgIpc) is 2.65. The van der Waals surface area contributed by atoms with Gasteiger partial charge in [0.25, 0.3) is 5.91 Å². The number of carboxylic acids is 1. The van der Waals surface area contributed by atoms with Gasteiger partial charge in [0.05, 0.1) is 12.2 Å². The lowest BCUT2D eigenvalue weighted by molar-refractivity contribution is -0.118. The summed E-state index contributed by atoms with van der Waals surface area (Å²) in [5.74, 6) is -1.24. The van der Waals surface area contributed by atoms with E-state index in [9.17, 15) is 14.7 Å². The van der Waals surface area contributed by atoms with Crippen molar-refractivity contribution in [1.29, 1.82) is 0 Å². The van der Waals surface area contributed by atoms with Gasteiger partial charge in [-0.05, 0) is 53.4 Å². The fourth-order valence-corrected chi connectivity index (χ4v) is 2.82. The monoisotopic (exact) mass is 385 g/mol. The van der Waals surface area contributed by atoms with Crippen LogP contribution in [-0.4, -0.2) is 28.7 Å². The van der Waals surface area contributed by atoms with E-state index in [2.05, 4.69) is 5.32 Å². The normalized spacial score (nSPS) is 10.6. The Balaban J connectivity index is 1.79. The molecule has 0 aliphatic rings. The maximum atomic E-state index is 12.2. The summed E-state index contributed by atoms with van der Waals surface area (Å²) in [5, 5.41) is 22.8. The molecule has 0 saturated heterocycles. The number of hydrogen-bond acceptors (Lipinski definition) is 4. The Bertz CT molecular complexity index is 1020. The van der Waals surface area contributed by atoms with Gasteiger partial charge in [0.2, 0.25) is 0 Å². The van der Waals surface area contributed by atoms with Crippen LogP contribution in [0.4, 0.5) is 5.69 Å². The molecule has 0 spiro atoms. The van der Waals surface area contributed by atoms with Gasteiger partial charge in [-0.1, -0.05) is 23.7 Å². The molecule has 3 aromatic carbocycles. The number of anilines is 1. The summed E-state index contributed by atoms with van der Waals surface area (Å²) >= 11 is 5.98. The van der Waals surface area contributed by atoms with Gasteiger partial charge in [0, 0.05) is 16.1 Å². The van der Waals surface area contributed by atoms with Crippen molar-refractivity contribution in [2.45, 2.75) is 6.61 Å². The molecule has 138 valence electrons. The molecule has 0 heterocycles. The molecule has 0 atom stereocenters. The van der Waals surface area contributed by atoms with Gasteiger partial charge in [-0.15, -0.1) is 0 Å². The predicted molar refractivity (Wildman–Crippen MR) is 102 cm³/mol. The third-order valence-electron chi connectivity index (χ3n) is 3.88. The standard InChI is InChI=1S/C20H16ClNO5/c21-15-4-5-17-13(8-15)7-14(20(25)26)9-18(17)27-11-19(24)22-16-3-1-2-12(6-16)10-23/h1-9,23H,10-11H2,(H,22,24)(H,25,26). The molecule has 0 aliphatic carbocycles. The molecule has 0 unspecified atom stereocenters. The Labute approximate surface area is 160 Å². The number of nitrogens with one attached hydrogen (secondary N) is 1. The molecule has 0 fully saturated rings. The van der Waals surface area contributed by atoms with Crippen LogP contribution in [0.1, 0.15) is 15.9 Å². The van der Waals surface area contributed by atoms with E-state index in [0.717, 1.165) is 0 Å². The number of carbonyl (C=O) groups excluding carboxylic acids is 1. The molecule has 1 amide bonds. The van der Waals surface area contributed by atoms with Gasteiger partial charge >= 0.3 is 5.97 Å². The zero-order chi connectivity index (χ0) is 19.4. The minimum atomic E-state index is -1.10. The summed E-state index contributed by atoms with van der Waals surface area (Å²) < 4.78 is 5.57. The Hall–Kier alpha value is -3.09. The summed E-state index contributed by atoms with van der Waals surface area (Å²) in [7, 11) is 0. The first-order chi connectivity index (χ1) is 13.0. The van der Waals surface area contributed by atoms with Crippen LogP contribution >= 0.6 is 11.6 Å². The molecular weight excluding hydrogens is 370 g/mol. The largest absolute Gasteiger partial charge is 0.483 e. The molecule has 0 bridgehead atoms. The molecule has 7 heteroatoms. The first kappa shape index (κ1) is 18.7. The Morgan fingerprint density at radius 2 is 1.89 bits per heavy atom.